The van der Waals surface area contributed by atoms with Gasteiger partial charge in [-0.1, -0.05) is 20.8 Å². The lowest BCUT2D eigenvalue weighted by Crippen LogP contribution is -2.35. The molecule has 0 bridgehead atoms. The van der Waals surface area contributed by atoms with Gasteiger partial charge < -0.3 is 15.7 Å². The van der Waals surface area contributed by atoms with Crippen molar-refractivity contribution in [1.29, 1.82) is 0 Å². The maximum Gasteiger partial charge on any atom is 0.315 e. The number of aromatic nitrogens is 1. The largest absolute Gasteiger partial charge is 0.481 e. The molecule has 0 radical (unpaired) electrons. The molecular weight excluding hydrogens is 278 g/mol. The number of aliphatic carboxylic acids is 1. The molecule has 1 heterocycles. The number of rotatable bonds is 6. The lowest BCUT2D eigenvalue weighted by atomic mass is 9.93. The highest BCUT2D eigenvalue weighted by Crippen LogP contribution is 2.23. The number of carboxylic acid groups (broad SMARTS) is 1. The summed E-state index contributed by atoms with van der Waals surface area (Å²) in [7, 11) is 0. The van der Waals surface area contributed by atoms with E-state index in [0.29, 0.717) is 19.5 Å². The summed E-state index contributed by atoms with van der Waals surface area (Å²) in [6.07, 6.45) is 0.482. The number of thiazole rings is 1. The number of carbonyl (C=O) groups excluding carboxylic acids is 1. The zero-order valence-corrected chi connectivity index (χ0v) is 12.8. The monoisotopic (exact) mass is 299 g/mol. The summed E-state index contributed by atoms with van der Waals surface area (Å²) in [5.74, 6) is -0.857. The first-order valence-electron chi connectivity index (χ1n) is 6.47. The smallest absolute Gasteiger partial charge is 0.315 e. The summed E-state index contributed by atoms with van der Waals surface area (Å²) < 4.78 is 0. The highest BCUT2D eigenvalue weighted by molar-refractivity contribution is 7.09. The molecule has 0 atom stereocenters. The van der Waals surface area contributed by atoms with Crippen LogP contribution >= 0.6 is 11.3 Å². The van der Waals surface area contributed by atoms with Crippen molar-refractivity contribution in [3.05, 3.63) is 16.1 Å². The fraction of sp³-hybridized carbons (Fsp3) is 0.615. The first-order chi connectivity index (χ1) is 9.29. The van der Waals surface area contributed by atoms with Crippen molar-refractivity contribution in [3.63, 3.8) is 0 Å². The van der Waals surface area contributed by atoms with Gasteiger partial charge in [0.1, 0.15) is 5.01 Å². The van der Waals surface area contributed by atoms with E-state index in [2.05, 4.69) is 36.4 Å². The third-order valence-corrected chi connectivity index (χ3v) is 3.42. The summed E-state index contributed by atoms with van der Waals surface area (Å²) >= 11 is 1.52. The van der Waals surface area contributed by atoms with Crippen molar-refractivity contribution < 1.29 is 14.7 Å². The van der Waals surface area contributed by atoms with Gasteiger partial charge in [0.25, 0.3) is 0 Å². The normalized spacial score (nSPS) is 11.2. The standard InChI is InChI=1S/C13H21N3O3S/c1-13(2,3)9-8-20-10(16-9)7-15-12(19)14-6-4-5-11(17)18/h8H,4-7H2,1-3H3,(H,17,18)(H2,14,15,19). The number of amides is 2. The summed E-state index contributed by atoms with van der Waals surface area (Å²) in [5.41, 5.74) is 1.02. The van der Waals surface area contributed by atoms with Crippen LogP contribution in [0, 0.1) is 0 Å². The molecule has 1 rings (SSSR count). The van der Waals surface area contributed by atoms with Crippen molar-refractivity contribution in [1.82, 2.24) is 15.6 Å². The van der Waals surface area contributed by atoms with Crippen LogP contribution in [0.4, 0.5) is 4.79 Å². The predicted octanol–water partition coefficient (Wildman–Crippen LogP) is 2.10. The van der Waals surface area contributed by atoms with E-state index >= 15 is 0 Å². The second-order valence-electron chi connectivity index (χ2n) is 5.48. The predicted molar refractivity (Wildman–Crippen MR) is 77.9 cm³/mol. The SMILES string of the molecule is CC(C)(C)c1csc(CNC(=O)NCCCC(=O)O)n1. The summed E-state index contributed by atoms with van der Waals surface area (Å²) in [6.45, 7) is 7.01. The van der Waals surface area contributed by atoms with Crippen molar-refractivity contribution >= 4 is 23.3 Å². The van der Waals surface area contributed by atoms with E-state index in [1.165, 1.54) is 11.3 Å². The molecule has 20 heavy (non-hydrogen) atoms. The van der Waals surface area contributed by atoms with Crippen LogP contribution in [0.15, 0.2) is 5.38 Å². The Morgan fingerprint density at radius 1 is 1.35 bits per heavy atom. The Hall–Kier alpha value is -1.63. The van der Waals surface area contributed by atoms with Gasteiger partial charge in [0.2, 0.25) is 0 Å². The Labute approximate surface area is 122 Å². The fourth-order valence-corrected chi connectivity index (χ4v) is 2.36. The van der Waals surface area contributed by atoms with Gasteiger partial charge >= 0.3 is 12.0 Å². The summed E-state index contributed by atoms with van der Waals surface area (Å²) in [6, 6.07) is -0.303. The molecule has 0 aliphatic rings. The van der Waals surface area contributed by atoms with E-state index in [1.54, 1.807) is 0 Å². The number of hydrogen-bond acceptors (Lipinski definition) is 4. The Bertz CT molecular complexity index is 466. The second-order valence-corrected chi connectivity index (χ2v) is 6.43. The Morgan fingerprint density at radius 3 is 2.60 bits per heavy atom. The Morgan fingerprint density at radius 2 is 2.05 bits per heavy atom. The number of nitrogens with one attached hydrogen (secondary N) is 2. The first kappa shape index (κ1) is 16.4. The Kier molecular flexibility index (Phi) is 5.94. The third kappa shape index (κ3) is 6.01. The fourth-order valence-electron chi connectivity index (χ4n) is 1.40. The number of nitrogens with zero attached hydrogens (tertiary/aromatic N) is 1. The highest BCUT2D eigenvalue weighted by Gasteiger charge is 2.17. The van der Waals surface area contributed by atoms with Crippen LogP contribution in [0.3, 0.4) is 0 Å². The van der Waals surface area contributed by atoms with Gasteiger partial charge in [-0.15, -0.1) is 11.3 Å². The topological polar surface area (TPSA) is 91.3 Å². The molecule has 0 aromatic carbocycles. The van der Waals surface area contributed by atoms with Gasteiger partial charge in [-0.05, 0) is 6.42 Å². The molecule has 0 spiro atoms. The zero-order chi connectivity index (χ0) is 15.2. The molecule has 1 aromatic heterocycles. The van der Waals surface area contributed by atoms with Gasteiger partial charge in [-0.2, -0.15) is 0 Å². The molecule has 6 nitrogen and oxygen atoms in total. The maximum atomic E-state index is 11.5. The van der Waals surface area contributed by atoms with E-state index in [1.807, 2.05) is 5.38 Å². The lowest BCUT2D eigenvalue weighted by Gasteiger charge is -2.14. The van der Waals surface area contributed by atoms with Crippen LogP contribution in [0.2, 0.25) is 0 Å². The van der Waals surface area contributed by atoms with Crippen molar-refractivity contribution in [2.75, 3.05) is 6.54 Å². The second kappa shape index (κ2) is 7.23. The molecule has 7 heteroatoms. The lowest BCUT2D eigenvalue weighted by molar-refractivity contribution is -0.137. The van der Waals surface area contributed by atoms with Crippen LogP contribution in [-0.4, -0.2) is 28.6 Å². The van der Waals surface area contributed by atoms with Crippen LogP contribution in [0.25, 0.3) is 0 Å². The van der Waals surface area contributed by atoms with E-state index in [-0.39, 0.29) is 17.9 Å². The third-order valence-electron chi connectivity index (χ3n) is 2.57. The molecule has 112 valence electrons. The average Bonchev–Trinajstić information content (AvgIpc) is 2.80. The molecular formula is C13H21N3O3S. The molecule has 1 aromatic rings. The van der Waals surface area contributed by atoms with E-state index < -0.39 is 5.97 Å². The van der Waals surface area contributed by atoms with Crippen molar-refractivity contribution in [2.24, 2.45) is 0 Å². The van der Waals surface area contributed by atoms with Crippen molar-refractivity contribution in [2.45, 2.75) is 45.6 Å². The van der Waals surface area contributed by atoms with Gasteiger partial charge in [0.05, 0.1) is 12.2 Å². The molecule has 0 fully saturated rings. The van der Waals surface area contributed by atoms with Gasteiger partial charge in [0, 0.05) is 23.8 Å². The number of urea groups is 1. The molecule has 0 saturated carbocycles. The van der Waals surface area contributed by atoms with Crippen LogP contribution in [0.5, 0.6) is 0 Å². The molecule has 0 saturated heterocycles. The molecule has 3 N–H and O–H groups in total. The molecule has 2 amide bonds. The summed E-state index contributed by atoms with van der Waals surface area (Å²) in [4.78, 5) is 26.2. The Balaban J connectivity index is 2.27. The average molecular weight is 299 g/mol. The molecule has 0 aliphatic heterocycles. The van der Waals surface area contributed by atoms with Crippen molar-refractivity contribution in [3.8, 4) is 0 Å². The van der Waals surface area contributed by atoms with Crippen LogP contribution in [0.1, 0.15) is 44.3 Å². The van der Waals surface area contributed by atoms with Gasteiger partial charge in [-0.25, -0.2) is 9.78 Å². The number of hydrogen-bond donors (Lipinski definition) is 3. The number of carbonyl (C=O) groups is 2. The molecule has 0 unspecified atom stereocenters. The highest BCUT2D eigenvalue weighted by atomic mass is 32.1. The zero-order valence-electron chi connectivity index (χ0n) is 12.0. The maximum absolute atomic E-state index is 11.5. The van der Waals surface area contributed by atoms with E-state index in [9.17, 15) is 9.59 Å². The molecule has 0 aliphatic carbocycles. The van der Waals surface area contributed by atoms with Gasteiger partial charge in [0.15, 0.2) is 0 Å². The minimum Gasteiger partial charge on any atom is -0.481 e. The van der Waals surface area contributed by atoms with E-state index in [0.717, 1.165) is 10.7 Å². The minimum atomic E-state index is -0.857. The van der Waals surface area contributed by atoms with Gasteiger partial charge in [-0.3, -0.25) is 4.79 Å². The van der Waals surface area contributed by atoms with E-state index in [4.69, 9.17) is 5.11 Å². The minimum absolute atomic E-state index is 0.00778. The number of carboxylic acids is 1. The summed E-state index contributed by atoms with van der Waals surface area (Å²) in [5, 5.41) is 16.6. The van der Waals surface area contributed by atoms with Crippen LogP contribution < -0.4 is 10.6 Å². The quantitative estimate of drug-likeness (QED) is 0.702. The van der Waals surface area contributed by atoms with Crippen LogP contribution in [-0.2, 0) is 16.8 Å². The first-order valence-corrected chi connectivity index (χ1v) is 7.35.